The van der Waals surface area contributed by atoms with Gasteiger partial charge in [0, 0.05) is 37.6 Å². The van der Waals surface area contributed by atoms with Crippen LogP contribution in [0.4, 0.5) is 5.82 Å². The number of anilines is 1. The lowest BCUT2D eigenvalue weighted by atomic mass is 10.1. The first-order chi connectivity index (χ1) is 11.3. The molecule has 3 heterocycles. The molecule has 5 heteroatoms. The molecule has 3 aromatic rings. The molecule has 1 N–H and O–H groups in total. The van der Waals surface area contributed by atoms with Crippen LogP contribution in [0.2, 0.25) is 0 Å². The van der Waals surface area contributed by atoms with Gasteiger partial charge in [-0.3, -0.25) is 0 Å². The Labute approximate surface area is 136 Å². The number of rotatable bonds is 2. The molecule has 0 unspecified atom stereocenters. The number of fused-ring (bicyclic) bond motifs is 1. The highest BCUT2D eigenvalue weighted by Crippen LogP contribution is 2.27. The van der Waals surface area contributed by atoms with Crippen molar-refractivity contribution in [1.29, 1.82) is 0 Å². The van der Waals surface area contributed by atoms with E-state index in [0.717, 1.165) is 49.6 Å². The van der Waals surface area contributed by atoms with Gasteiger partial charge < -0.3 is 10.2 Å². The van der Waals surface area contributed by atoms with Crippen LogP contribution < -0.4 is 10.2 Å². The van der Waals surface area contributed by atoms with Gasteiger partial charge in [0.25, 0.3) is 0 Å². The van der Waals surface area contributed by atoms with Crippen LogP contribution in [0.25, 0.3) is 16.8 Å². The van der Waals surface area contributed by atoms with Gasteiger partial charge in [-0.15, -0.1) is 0 Å². The monoisotopic (exact) mass is 307 g/mol. The fourth-order valence-corrected chi connectivity index (χ4v) is 3.20. The van der Waals surface area contributed by atoms with Crippen LogP contribution in [0.5, 0.6) is 0 Å². The lowest BCUT2D eigenvalue weighted by molar-refractivity contribution is 0.724. The van der Waals surface area contributed by atoms with Crippen LogP contribution in [0.3, 0.4) is 0 Å². The first-order valence-corrected chi connectivity index (χ1v) is 8.19. The SMILES string of the molecule is Cc1ccccc1-c1cc2c(N3CCCNCC3)nccn2n1. The molecule has 5 nitrogen and oxygen atoms in total. The van der Waals surface area contributed by atoms with Gasteiger partial charge in [0.2, 0.25) is 0 Å². The molecule has 0 bridgehead atoms. The first kappa shape index (κ1) is 14.2. The number of nitrogens with one attached hydrogen (secondary N) is 1. The molecule has 1 saturated heterocycles. The third kappa shape index (κ3) is 2.68. The summed E-state index contributed by atoms with van der Waals surface area (Å²) in [5, 5.41) is 8.20. The predicted molar refractivity (Wildman–Crippen MR) is 92.9 cm³/mol. The molecule has 1 fully saturated rings. The highest BCUT2D eigenvalue weighted by molar-refractivity contribution is 5.76. The van der Waals surface area contributed by atoms with Crippen molar-refractivity contribution in [3.8, 4) is 11.3 Å². The second kappa shape index (κ2) is 6.01. The van der Waals surface area contributed by atoms with E-state index < -0.39 is 0 Å². The molecular formula is C18H21N5. The van der Waals surface area contributed by atoms with Crippen molar-refractivity contribution in [2.45, 2.75) is 13.3 Å². The molecular weight excluding hydrogens is 286 g/mol. The van der Waals surface area contributed by atoms with E-state index in [4.69, 9.17) is 5.10 Å². The zero-order valence-electron chi connectivity index (χ0n) is 13.4. The van der Waals surface area contributed by atoms with E-state index in [1.54, 1.807) is 0 Å². The fourth-order valence-electron chi connectivity index (χ4n) is 3.20. The maximum Gasteiger partial charge on any atom is 0.154 e. The van der Waals surface area contributed by atoms with E-state index in [2.05, 4.69) is 52.5 Å². The molecule has 0 amide bonds. The van der Waals surface area contributed by atoms with Crippen LogP contribution in [0.15, 0.2) is 42.7 Å². The van der Waals surface area contributed by atoms with Crippen molar-refractivity contribution in [2.75, 3.05) is 31.1 Å². The van der Waals surface area contributed by atoms with Crippen molar-refractivity contribution in [3.63, 3.8) is 0 Å². The van der Waals surface area contributed by atoms with Gasteiger partial charge in [0.15, 0.2) is 5.82 Å². The molecule has 0 aliphatic carbocycles. The normalized spacial score (nSPS) is 15.8. The fraction of sp³-hybridized carbons (Fsp3) is 0.333. The summed E-state index contributed by atoms with van der Waals surface area (Å²) in [5.41, 5.74) is 4.50. The van der Waals surface area contributed by atoms with Crippen molar-refractivity contribution in [1.82, 2.24) is 19.9 Å². The molecule has 1 aliphatic heterocycles. The Morgan fingerprint density at radius 2 is 2.04 bits per heavy atom. The van der Waals surface area contributed by atoms with Crippen LogP contribution in [0.1, 0.15) is 12.0 Å². The second-order valence-corrected chi connectivity index (χ2v) is 6.02. The average Bonchev–Trinajstić information content (AvgIpc) is 2.82. The maximum absolute atomic E-state index is 4.76. The largest absolute Gasteiger partial charge is 0.354 e. The van der Waals surface area contributed by atoms with Gasteiger partial charge >= 0.3 is 0 Å². The summed E-state index contributed by atoms with van der Waals surface area (Å²) in [5.74, 6) is 1.03. The minimum atomic E-state index is 0.984. The standard InChI is InChI=1S/C18H21N5/c1-14-5-2-3-6-15(14)16-13-17-18(20-9-12-23(17)21-16)22-10-4-7-19-8-11-22/h2-3,5-6,9,12-13,19H,4,7-8,10-11H2,1H3. The van der Waals surface area contributed by atoms with Gasteiger partial charge in [-0.25, -0.2) is 9.50 Å². The van der Waals surface area contributed by atoms with Crippen molar-refractivity contribution >= 4 is 11.3 Å². The van der Waals surface area contributed by atoms with E-state index in [-0.39, 0.29) is 0 Å². The van der Waals surface area contributed by atoms with E-state index >= 15 is 0 Å². The summed E-state index contributed by atoms with van der Waals surface area (Å²) >= 11 is 0. The summed E-state index contributed by atoms with van der Waals surface area (Å²) < 4.78 is 1.95. The molecule has 23 heavy (non-hydrogen) atoms. The molecule has 0 radical (unpaired) electrons. The van der Waals surface area contributed by atoms with E-state index in [1.807, 2.05) is 16.9 Å². The molecule has 2 aromatic heterocycles. The van der Waals surface area contributed by atoms with E-state index in [0.29, 0.717) is 0 Å². The maximum atomic E-state index is 4.76. The summed E-state index contributed by atoms with van der Waals surface area (Å²) in [7, 11) is 0. The quantitative estimate of drug-likeness (QED) is 0.790. The zero-order valence-corrected chi connectivity index (χ0v) is 13.4. The molecule has 118 valence electrons. The van der Waals surface area contributed by atoms with Gasteiger partial charge in [0.05, 0.1) is 5.69 Å². The third-order valence-corrected chi connectivity index (χ3v) is 4.43. The average molecular weight is 307 g/mol. The highest BCUT2D eigenvalue weighted by atomic mass is 15.3. The Balaban J connectivity index is 1.80. The lowest BCUT2D eigenvalue weighted by Gasteiger charge is -2.21. The van der Waals surface area contributed by atoms with Gasteiger partial charge in [-0.1, -0.05) is 24.3 Å². The number of hydrogen-bond acceptors (Lipinski definition) is 4. The Kier molecular flexibility index (Phi) is 3.71. The van der Waals surface area contributed by atoms with Crippen LogP contribution in [0, 0.1) is 6.92 Å². The summed E-state index contributed by atoms with van der Waals surface area (Å²) in [6, 6.07) is 10.5. The number of nitrogens with zero attached hydrogens (tertiary/aromatic N) is 4. The van der Waals surface area contributed by atoms with E-state index in [9.17, 15) is 0 Å². The molecule has 1 aliphatic rings. The van der Waals surface area contributed by atoms with Crippen molar-refractivity contribution in [2.24, 2.45) is 0 Å². The topological polar surface area (TPSA) is 45.5 Å². The minimum Gasteiger partial charge on any atom is -0.354 e. The number of benzene rings is 1. The molecule has 4 rings (SSSR count). The Hall–Kier alpha value is -2.40. The van der Waals surface area contributed by atoms with Gasteiger partial charge in [-0.05, 0) is 31.5 Å². The van der Waals surface area contributed by atoms with Crippen molar-refractivity contribution in [3.05, 3.63) is 48.3 Å². The highest BCUT2D eigenvalue weighted by Gasteiger charge is 2.16. The first-order valence-electron chi connectivity index (χ1n) is 8.19. The van der Waals surface area contributed by atoms with Crippen LogP contribution in [-0.4, -0.2) is 40.8 Å². The molecule has 0 saturated carbocycles. The van der Waals surface area contributed by atoms with Gasteiger partial charge in [-0.2, -0.15) is 5.10 Å². The third-order valence-electron chi connectivity index (χ3n) is 4.43. The van der Waals surface area contributed by atoms with Crippen molar-refractivity contribution < 1.29 is 0 Å². The Morgan fingerprint density at radius 1 is 1.13 bits per heavy atom. The second-order valence-electron chi connectivity index (χ2n) is 6.02. The lowest BCUT2D eigenvalue weighted by Crippen LogP contribution is -2.29. The summed E-state index contributed by atoms with van der Waals surface area (Å²) in [4.78, 5) is 7.00. The predicted octanol–water partition coefficient (Wildman–Crippen LogP) is 2.50. The number of hydrogen-bond donors (Lipinski definition) is 1. The Morgan fingerprint density at radius 3 is 2.96 bits per heavy atom. The zero-order chi connectivity index (χ0) is 15.6. The van der Waals surface area contributed by atoms with Crippen LogP contribution >= 0.6 is 0 Å². The van der Waals surface area contributed by atoms with Gasteiger partial charge in [0.1, 0.15) is 5.52 Å². The minimum absolute atomic E-state index is 0.984. The smallest absolute Gasteiger partial charge is 0.154 e. The van der Waals surface area contributed by atoms with Crippen LogP contribution in [-0.2, 0) is 0 Å². The molecule has 0 atom stereocenters. The molecule has 1 aromatic carbocycles. The summed E-state index contributed by atoms with van der Waals surface area (Å²) in [6.45, 7) is 6.22. The summed E-state index contributed by atoms with van der Waals surface area (Å²) in [6.07, 6.45) is 4.91. The molecule has 0 spiro atoms. The number of aromatic nitrogens is 3. The number of aryl methyl sites for hydroxylation is 1. The van der Waals surface area contributed by atoms with E-state index in [1.165, 1.54) is 11.1 Å². The Bertz CT molecular complexity index is 815.